The van der Waals surface area contributed by atoms with Gasteiger partial charge in [0.1, 0.15) is 6.10 Å². The number of ether oxygens (including phenoxy) is 1. The van der Waals surface area contributed by atoms with Crippen molar-refractivity contribution in [3.8, 4) is 0 Å². The quantitative estimate of drug-likeness (QED) is 0.879. The lowest BCUT2D eigenvalue weighted by molar-refractivity contribution is -0.0289. The van der Waals surface area contributed by atoms with E-state index >= 15 is 0 Å². The highest BCUT2D eigenvalue weighted by Gasteiger charge is 2.36. The molecule has 25 heavy (non-hydrogen) atoms. The highest BCUT2D eigenvalue weighted by Crippen LogP contribution is 2.31. The molecule has 0 spiro atoms. The number of benzene rings is 1. The van der Waals surface area contributed by atoms with Crippen LogP contribution >= 0.6 is 0 Å². The Morgan fingerprint density at radius 2 is 1.84 bits per heavy atom. The molecule has 3 aliphatic heterocycles. The lowest BCUT2D eigenvalue weighted by Crippen LogP contribution is -2.52. The van der Waals surface area contributed by atoms with E-state index in [0.717, 1.165) is 50.5 Å². The van der Waals surface area contributed by atoms with Gasteiger partial charge in [-0.05, 0) is 55.8 Å². The molecule has 1 aromatic carbocycles. The Morgan fingerprint density at radius 1 is 1.08 bits per heavy atom. The molecular weight excluding hydrogens is 312 g/mol. The third-order valence-electron chi connectivity index (χ3n) is 6.34. The van der Waals surface area contributed by atoms with Crippen LogP contribution in [-0.4, -0.2) is 36.7 Å². The predicted octanol–water partition coefficient (Wildman–Crippen LogP) is 4.45. The number of carbonyl (C=O) groups is 1. The largest absolute Gasteiger partial charge is 0.444 e. The van der Waals surface area contributed by atoms with Gasteiger partial charge < -0.3 is 4.74 Å². The number of nitrogens with one attached hydrogen (secondary N) is 1. The van der Waals surface area contributed by atoms with Gasteiger partial charge in [-0.3, -0.25) is 10.2 Å². The van der Waals surface area contributed by atoms with Crippen molar-refractivity contribution in [3.63, 3.8) is 0 Å². The summed E-state index contributed by atoms with van der Waals surface area (Å²) in [6.45, 7) is 3.23. The molecule has 1 N–H and O–H groups in total. The molecule has 1 saturated carbocycles. The maximum absolute atomic E-state index is 12.4. The minimum absolute atomic E-state index is 0.0630. The van der Waals surface area contributed by atoms with Crippen molar-refractivity contribution in [2.75, 3.05) is 25.0 Å². The molecule has 1 aliphatic carbocycles. The van der Waals surface area contributed by atoms with Gasteiger partial charge in [0.2, 0.25) is 0 Å². The third kappa shape index (κ3) is 4.17. The van der Waals surface area contributed by atoms with E-state index < -0.39 is 0 Å². The Bertz CT molecular complexity index is 589. The second-order valence-corrected chi connectivity index (χ2v) is 8.07. The predicted molar refractivity (Wildman–Crippen MR) is 99.8 cm³/mol. The summed E-state index contributed by atoms with van der Waals surface area (Å²) in [5.74, 6) is 1.31. The summed E-state index contributed by atoms with van der Waals surface area (Å²) < 4.78 is 5.78. The Labute approximate surface area is 150 Å². The number of hydrogen-bond acceptors (Lipinski definition) is 3. The minimum atomic E-state index is -0.283. The topological polar surface area (TPSA) is 41.6 Å². The van der Waals surface area contributed by atoms with Crippen molar-refractivity contribution < 1.29 is 9.53 Å². The molecule has 0 aromatic heterocycles. The summed E-state index contributed by atoms with van der Waals surface area (Å²) in [4.78, 5) is 14.9. The molecule has 0 unspecified atom stereocenters. The monoisotopic (exact) mass is 342 g/mol. The zero-order chi connectivity index (χ0) is 17.1. The SMILES string of the molecule is O=C(Nc1ccccc1CC1CCCCC1)O[C@H]1CN2CCC1CC2. The number of anilines is 1. The Morgan fingerprint density at radius 3 is 2.56 bits per heavy atom. The third-order valence-corrected chi connectivity index (χ3v) is 6.34. The summed E-state index contributed by atoms with van der Waals surface area (Å²) in [6, 6.07) is 8.23. The van der Waals surface area contributed by atoms with Crippen LogP contribution in [0.2, 0.25) is 0 Å². The number of nitrogens with zero attached hydrogens (tertiary/aromatic N) is 1. The molecule has 0 radical (unpaired) electrons. The van der Waals surface area contributed by atoms with E-state index in [1.165, 1.54) is 37.7 Å². The van der Waals surface area contributed by atoms with Gasteiger partial charge in [0.05, 0.1) is 0 Å². The number of rotatable bonds is 4. The lowest BCUT2D eigenvalue weighted by atomic mass is 9.84. The molecule has 3 heterocycles. The lowest BCUT2D eigenvalue weighted by Gasteiger charge is -2.43. The van der Waals surface area contributed by atoms with Crippen LogP contribution in [0.15, 0.2) is 24.3 Å². The molecule has 2 bridgehead atoms. The fraction of sp³-hybridized carbons (Fsp3) is 0.667. The molecule has 5 rings (SSSR count). The molecule has 4 fully saturated rings. The van der Waals surface area contributed by atoms with Gasteiger partial charge in [-0.25, -0.2) is 4.79 Å². The minimum Gasteiger partial charge on any atom is -0.444 e. The van der Waals surface area contributed by atoms with Crippen molar-refractivity contribution in [3.05, 3.63) is 29.8 Å². The van der Waals surface area contributed by atoms with E-state index in [9.17, 15) is 4.79 Å². The van der Waals surface area contributed by atoms with Gasteiger partial charge >= 0.3 is 6.09 Å². The van der Waals surface area contributed by atoms with Gasteiger partial charge in [0.25, 0.3) is 0 Å². The number of para-hydroxylation sites is 1. The fourth-order valence-electron chi connectivity index (χ4n) is 4.84. The molecule has 4 nitrogen and oxygen atoms in total. The van der Waals surface area contributed by atoms with E-state index in [1.807, 2.05) is 12.1 Å². The highest BCUT2D eigenvalue weighted by molar-refractivity contribution is 5.85. The first-order chi connectivity index (χ1) is 12.3. The molecule has 1 amide bonds. The maximum atomic E-state index is 12.4. The van der Waals surface area contributed by atoms with Crippen molar-refractivity contribution >= 4 is 11.8 Å². The molecular formula is C21H30N2O2. The van der Waals surface area contributed by atoms with Crippen LogP contribution in [0.4, 0.5) is 10.5 Å². The van der Waals surface area contributed by atoms with Crippen LogP contribution in [-0.2, 0) is 11.2 Å². The van der Waals surface area contributed by atoms with Crippen LogP contribution in [0.3, 0.4) is 0 Å². The zero-order valence-electron chi connectivity index (χ0n) is 15.1. The highest BCUT2D eigenvalue weighted by atomic mass is 16.6. The van der Waals surface area contributed by atoms with Crippen molar-refractivity contribution in [2.45, 2.75) is 57.5 Å². The molecule has 1 aromatic rings. The number of amides is 1. The number of hydrogen-bond donors (Lipinski definition) is 1. The second kappa shape index (κ2) is 7.77. The van der Waals surface area contributed by atoms with Gasteiger partial charge in [0, 0.05) is 12.2 Å². The average molecular weight is 342 g/mol. The summed E-state index contributed by atoms with van der Waals surface area (Å²) in [7, 11) is 0. The molecule has 4 heteroatoms. The summed E-state index contributed by atoms with van der Waals surface area (Å²) >= 11 is 0. The molecule has 3 saturated heterocycles. The smallest absolute Gasteiger partial charge is 0.411 e. The van der Waals surface area contributed by atoms with Crippen molar-refractivity contribution in [2.24, 2.45) is 11.8 Å². The van der Waals surface area contributed by atoms with Crippen molar-refractivity contribution in [1.82, 2.24) is 4.90 Å². The van der Waals surface area contributed by atoms with Crippen molar-refractivity contribution in [1.29, 1.82) is 0 Å². The van der Waals surface area contributed by atoms with E-state index in [0.29, 0.717) is 5.92 Å². The van der Waals surface area contributed by atoms with Gasteiger partial charge in [-0.2, -0.15) is 0 Å². The first-order valence-electron chi connectivity index (χ1n) is 10.1. The Balaban J connectivity index is 1.36. The molecule has 4 aliphatic rings. The fourth-order valence-corrected chi connectivity index (χ4v) is 4.84. The second-order valence-electron chi connectivity index (χ2n) is 8.07. The summed E-state index contributed by atoms with van der Waals surface area (Å²) in [5, 5.41) is 3.03. The Hall–Kier alpha value is -1.55. The van der Waals surface area contributed by atoms with Gasteiger partial charge in [-0.1, -0.05) is 50.3 Å². The first-order valence-corrected chi connectivity index (χ1v) is 10.1. The van der Waals surface area contributed by atoms with Crippen LogP contribution in [0.1, 0.15) is 50.5 Å². The van der Waals surface area contributed by atoms with E-state index in [4.69, 9.17) is 4.74 Å². The van der Waals surface area contributed by atoms with Crippen LogP contribution in [0, 0.1) is 11.8 Å². The van der Waals surface area contributed by atoms with E-state index in [2.05, 4.69) is 22.3 Å². The number of fused-ring (bicyclic) bond motifs is 3. The van der Waals surface area contributed by atoms with E-state index in [1.54, 1.807) is 0 Å². The average Bonchev–Trinajstić information content (AvgIpc) is 2.65. The maximum Gasteiger partial charge on any atom is 0.411 e. The number of piperidine rings is 3. The molecule has 136 valence electrons. The normalized spacial score (nSPS) is 29.4. The summed E-state index contributed by atoms with van der Waals surface area (Å²) in [6.07, 6.45) is 9.88. The standard InChI is InChI=1S/C21H30N2O2/c24-21(25-20-15-23-12-10-17(20)11-13-23)22-19-9-5-4-8-18(19)14-16-6-2-1-3-7-16/h4-5,8-9,16-17,20H,1-3,6-7,10-15H2,(H,22,24)/t20-/m0/s1. The zero-order valence-corrected chi connectivity index (χ0v) is 15.1. The van der Waals surface area contributed by atoms with Gasteiger partial charge in [0.15, 0.2) is 0 Å². The number of carbonyl (C=O) groups excluding carboxylic acids is 1. The molecule has 1 atom stereocenters. The van der Waals surface area contributed by atoms with E-state index in [-0.39, 0.29) is 12.2 Å². The van der Waals surface area contributed by atoms with Crippen LogP contribution < -0.4 is 5.32 Å². The summed E-state index contributed by atoms with van der Waals surface area (Å²) in [5.41, 5.74) is 2.18. The Kier molecular flexibility index (Phi) is 5.25. The van der Waals surface area contributed by atoms with Crippen LogP contribution in [0.5, 0.6) is 0 Å². The van der Waals surface area contributed by atoms with Crippen LogP contribution in [0.25, 0.3) is 0 Å². The first kappa shape index (κ1) is 16.9. The van der Waals surface area contributed by atoms with Gasteiger partial charge in [-0.15, -0.1) is 0 Å².